The molecule has 142 valence electrons. The van der Waals surface area contributed by atoms with Crippen molar-refractivity contribution in [3.8, 4) is 11.5 Å². The zero-order chi connectivity index (χ0) is 19.2. The fourth-order valence-corrected chi connectivity index (χ4v) is 3.19. The highest BCUT2D eigenvalue weighted by Crippen LogP contribution is 2.30. The third kappa shape index (κ3) is 5.45. The molecule has 2 aromatic carbocycles. The molecule has 0 aliphatic carbocycles. The van der Waals surface area contributed by atoms with E-state index in [0.717, 1.165) is 11.1 Å². The number of aryl methyl sites for hydroxylation is 1. The molecule has 0 aromatic heterocycles. The van der Waals surface area contributed by atoms with Gasteiger partial charge in [-0.1, -0.05) is 23.8 Å². The highest BCUT2D eigenvalue weighted by Gasteiger charge is 2.14. The number of rotatable bonds is 9. The zero-order valence-corrected chi connectivity index (χ0v) is 16.0. The molecule has 7 heteroatoms. The molecule has 26 heavy (non-hydrogen) atoms. The monoisotopic (exact) mass is 380 g/mol. The van der Waals surface area contributed by atoms with Gasteiger partial charge in [0, 0.05) is 6.42 Å². The van der Waals surface area contributed by atoms with Gasteiger partial charge >= 0.3 is 0 Å². The largest absolute Gasteiger partial charge is 0.493 e. The summed E-state index contributed by atoms with van der Waals surface area (Å²) in [6, 6.07) is 11.7. The lowest BCUT2D eigenvalue weighted by Gasteiger charge is -2.13. The van der Waals surface area contributed by atoms with E-state index in [1.165, 1.54) is 19.2 Å². The van der Waals surface area contributed by atoms with Gasteiger partial charge in [-0.15, -0.1) is 0 Å². The lowest BCUT2D eigenvalue weighted by molar-refractivity contribution is 0.198. The Kier molecular flexibility index (Phi) is 7.02. The van der Waals surface area contributed by atoms with Crippen LogP contribution in [0.3, 0.4) is 0 Å². The maximum absolute atomic E-state index is 12.1. The SMILES string of the molecule is COc1cc(C(C)O)ccc1OCCCOS(=O)(=O)c1ccc(C)cc1. The number of aliphatic hydroxyl groups excluding tert-OH is 1. The van der Waals surface area contributed by atoms with Crippen molar-refractivity contribution in [1.29, 1.82) is 0 Å². The van der Waals surface area contributed by atoms with E-state index in [2.05, 4.69) is 0 Å². The first-order chi connectivity index (χ1) is 12.3. The average molecular weight is 380 g/mol. The number of hydrogen-bond donors (Lipinski definition) is 1. The van der Waals surface area contributed by atoms with Gasteiger partial charge in [0.2, 0.25) is 0 Å². The van der Waals surface area contributed by atoms with Crippen molar-refractivity contribution in [2.75, 3.05) is 20.3 Å². The van der Waals surface area contributed by atoms with Gasteiger partial charge in [0.05, 0.1) is 31.3 Å². The maximum atomic E-state index is 12.1. The van der Waals surface area contributed by atoms with E-state index < -0.39 is 16.2 Å². The molecule has 0 heterocycles. The van der Waals surface area contributed by atoms with Crippen molar-refractivity contribution in [2.45, 2.75) is 31.3 Å². The van der Waals surface area contributed by atoms with Gasteiger partial charge in [-0.25, -0.2) is 0 Å². The predicted octanol–water partition coefficient (Wildman–Crippen LogP) is 3.23. The Bertz CT molecular complexity index is 812. The quantitative estimate of drug-likeness (QED) is 0.531. The van der Waals surface area contributed by atoms with Gasteiger partial charge in [0.15, 0.2) is 11.5 Å². The van der Waals surface area contributed by atoms with E-state index in [9.17, 15) is 13.5 Å². The van der Waals surface area contributed by atoms with Gasteiger partial charge in [0.1, 0.15) is 0 Å². The Balaban J connectivity index is 1.84. The van der Waals surface area contributed by atoms with E-state index in [-0.39, 0.29) is 18.1 Å². The fourth-order valence-electron chi connectivity index (χ4n) is 2.25. The molecule has 0 saturated heterocycles. The molecule has 1 atom stereocenters. The van der Waals surface area contributed by atoms with Crippen LogP contribution in [0.2, 0.25) is 0 Å². The molecular formula is C19H24O6S. The molecule has 2 rings (SSSR count). The molecule has 0 bridgehead atoms. The number of benzene rings is 2. The number of ether oxygens (including phenoxy) is 2. The maximum Gasteiger partial charge on any atom is 0.296 e. The minimum atomic E-state index is -3.76. The van der Waals surface area contributed by atoms with Gasteiger partial charge in [-0.3, -0.25) is 4.18 Å². The van der Waals surface area contributed by atoms with Gasteiger partial charge in [-0.2, -0.15) is 8.42 Å². The summed E-state index contributed by atoms with van der Waals surface area (Å²) >= 11 is 0. The van der Waals surface area contributed by atoms with Crippen LogP contribution in [-0.2, 0) is 14.3 Å². The Labute approximate surface area is 154 Å². The molecular weight excluding hydrogens is 356 g/mol. The van der Waals surface area contributed by atoms with Gasteiger partial charge in [-0.05, 0) is 43.7 Å². The Hall–Kier alpha value is -2.09. The topological polar surface area (TPSA) is 82.1 Å². The van der Waals surface area contributed by atoms with Crippen molar-refractivity contribution in [2.24, 2.45) is 0 Å². The molecule has 0 amide bonds. The smallest absolute Gasteiger partial charge is 0.296 e. The second kappa shape index (κ2) is 9.02. The highest BCUT2D eigenvalue weighted by atomic mass is 32.2. The molecule has 6 nitrogen and oxygen atoms in total. The molecule has 0 spiro atoms. The molecule has 0 fully saturated rings. The van der Waals surface area contributed by atoms with Crippen molar-refractivity contribution in [3.63, 3.8) is 0 Å². The zero-order valence-electron chi connectivity index (χ0n) is 15.1. The van der Waals surface area contributed by atoms with E-state index in [0.29, 0.717) is 17.9 Å². The second-order valence-electron chi connectivity index (χ2n) is 5.88. The Morgan fingerprint density at radius 2 is 1.73 bits per heavy atom. The molecule has 1 unspecified atom stereocenters. The first-order valence-electron chi connectivity index (χ1n) is 8.28. The summed E-state index contributed by atoms with van der Waals surface area (Å²) in [4.78, 5) is 0.138. The first kappa shape index (κ1) is 20.2. The minimum Gasteiger partial charge on any atom is -0.493 e. The number of aliphatic hydroxyl groups is 1. The summed E-state index contributed by atoms with van der Waals surface area (Å²) in [5.41, 5.74) is 1.70. The van der Waals surface area contributed by atoms with Crippen LogP contribution in [0.15, 0.2) is 47.4 Å². The van der Waals surface area contributed by atoms with Crippen molar-refractivity contribution in [1.82, 2.24) is 0 Å². The molecule has 0 saturated carbocycles. The lowest BCUT2D eigenvalue weighted by atomic mass is 10.1. The van der Waals surface area contributed by atoms with Crippen LogP contribution in [0.1, 0.15) is 30.6 Å². The number of hydrogen-bond acceptors (Lipinski definition) is 6. The summed E-state index contributed by atoms with van der Waals surface area (Å²) in [5.74, 6) is 1.04. The van der Waals surface area contributed by atoms with Crippen LogP contribution in [0.25, 0.3) is 0 Å². The average Bonchev–Trinajstić information content (AvgIpc) is 2.61. The van der Waals surface area contributed by atoms with E-state index in [1.807, 2.05) is 6.92 Å². The Morgan fingerprint density at radius 1 is 1.04 bits per heavy atom. The summed E-state index contributed by atoms with van der Waals surface area (Å²) in [6.45, 7) is 3.84. The van der Waals surface area contributed by atoms with Crippen molar-refractivity contribution >= 4 is 10.1 Å². The summed E-state index contributed by atoms with van der Waals surface area (Å²) < 4.78 is 40.0. The van der Waals surface area contributed by atoms with Gasteiger partial charge < -0.3 is 14.6 Å². The molecule has 0 aliphatic heterocycles. The number of methoxy groups -OCH3 is 1. The van der Waals surface area contributed by atoms with Crippen LogP contribution in [0.5, 0.6) is 11.5 Å². The summed E-state index contributed by atoms with van der Waals surface area (Å²) in [7, 11) is -2.24. The lowest BCUT2D eigenvalue weighted by Crippen LogP contribution is -2.10. The predicted molar refractivity (Wildman–Crippen MR) is 98.1 cm³/mol. The second-order valence-corrected chi connectivity index (χ2v) is 7.49. The van der Waals surface area contributed by atoms with Crippen molar-refractivity contribution in [3.05, 3.63) is 53.6 Å². The van der Waals surface area contributed by atoms with E-state index >= 15 is 0 Å². The Morgan fingerprint density at radius 3 is 2.35 bits per heavy atom. The van der Waals surface area contributed by atoms with E-state index in [4.69, 9.17) is 13.7 Å². The normalized spacial score (nSPS) is 12.6. The molecule has 2 aromatic rings. The molecule has 1 N–H and O–H groups in total. The van der Waals surface area contributed by atoms with Crippen molar-refractivity contribution < 1.29 is 27.2 Å². The van der Waals surface area contributed by atoms with Crippen LogP contribution >= 0.6 is 0 Å². The highest BCUT2D eigenvalue weighted by molar-refractivity contribution is 7.86. The standard InChI is InChI=1S/C19H24O6S/c1-14-5-8-17(9-6-14)26(21,22)25-12-4-11-24-18-10-7-16(15(2)20)13-19(18)23-3/h5-10,13,15,20H,4,11-12H2,1-3H3. The molecule has 0 radical (unpaired) electrons. The summed E-state index contributed by atoms with van der Waals surface area (Å²) in [6.07, 6.45) is -0.204. The first-order valence-corrected chi connectivity index (χ1v) is 9.69. The van der Waals surface area contributed by atoms with Crippen LogP contribution in [0.4, 0.5) is 0 Å². The molecule has 0 aliphatic rings. The third-order valence-corrected chi connectivity index (χ3v) is 5.09. The van der Waals surface area contributed by atoms with Crippen LogP contribution in [-0.4, -0.2) is 33.8 Å². The minimum absolute atomic E-state index is 0.0181. The van der Waals surface area contributed by atoms with E-state index in [1.54, 1.807) is 37.3 Å². The van der Waals surface area contributed by atoms with Gasteiger partial charge in [0.25, 0.3) is 10.1 Å². The third-order valence-electron chi connectivity index (χ3n) is 3.76. The van der Waals surface area contributed by atoms with Crippen LogP contribution in [0, 0.1) is 6.92 Å². The summed E-state index contributed by atoms with van der Waals surface area (Å²) in [5, 5.41) is 9.60. The van der Waals surface area contributed by atoms with Crippen LogP contribution < -0.4 is 9.47 Å². The fraction of sp³-hybridized carbons (Fsp3) is 0.368.